The summed E-state index contributed by atoms with van der Waals surface area (Å²) in [6.45, 7) is 10.5. The molecule has 1 rings (SSSR count). The van der Waals surface area contributed by atoms with Crippen molar-refractivity contribution in [3.63, 3.8) is 0 Å². The highest BCUT2D eigenvalue weighted by Crippen LogP contribution is 2.23. The normalized spacial score (nSPS) is 12.5. The second-order valence-electron chi connectivity index (χ2n) is 3.91. The Balaban J connectivity index is 3.06. The third kappa shape index (κ3) is 2.25. The van der Waals surface area contributed by atoms with Crippen LogP contribution in [0.3, 0.4) is 0 Å². The molecule has 0 heterocycles. The topological polar surface area (TPSA) is 0 Å². The minimum absolute atomic E-state index is 0.465. The van der Waals surface area contributed by atoms with Gasteiger partial charge in [-0.2, -0.15) is 0 Å². The molecule has 1 unspecified atom stereocenters. The Bertz CT molecular complexity index is 310. The summed E-state index contributed by atoms with van der Waals surface area (Å²) in [4.78, 5) is 0. The first-order valence-corrected chi connectivity index (χ1v) is 5.41. The maximum absolute atomic E-state index is 3.85. The van der Waals surface area contributed by atoms with Crippen LogP contribution in [-0.2, 0) is 6.42 Å². The van der Waals surface area contributed by atoms with E-state index in [-0.39, 0.29) is 0 Å². The van der Waals surface area contributed by atoms with Crippen LogP contribution in [0.4, 0.5) is 0 Å². The van der Waals surface area contributed by atoms with E-state index >= 15 is 0 Å². The van der Waals surface area contributed by atoms with E-state index in [0.29, 0.717) is 5.92 Å². The van der Waals surface area contributed by atoms with Crippen molar-refractivity contribution < 1.29 is 0 Å². The molecule has 0 nitrogen and oxygen atoms in total. The molecule has 1 aromatic carbocycles. The highest BCUT2D eigenvalue weighted by Gasteiger charge is 2.07. The fourth-order valence-corrected chi connectivity index (χ4v) is 1.86. The van der Waals surface area contributed by atoms with E-state index in [9.17, 15) is 0 Å². The molecule has 0 aliphatic heterocycles. The van der Waals surface area contributed by atoms with Crippen LogP contribution in [0, 0.1) is 6.92 Å². The van der Waals surface area contributed by atoms with E-state index in [1.165, 1.54) is 29.5 Å². The molecule has 0 saturated carbocycles. The average molecular weight is 188 g/mol. The smallest absolute Gasteiger partial charge is 0.00104 e. The summed E-state index contributed by atoms with van der Waals surface area (Å²) in [5.74, 6) is 0.465. The van der Waals surface area contributed by atoms with E-state index < -0.39 is 0 Å². The van der Waals surface area contributed by atoms with Gasteiger partial charge in [-0.25, -0.2) is 0 Å². The van der Waals surface area contributed by atoms with Crippen molar-refractivity contribution in [2.24, 2.45) is 0 Å². The van der Waals surface area contributed by atoms with Gasteiger partial charge in [-0.15, -0.1) is 6.58 Å². The predicted octanol–water partition coefficient (Wildman–Crippen LogP) is 4.24. The van der Waals surface area contributed by atoms with Crippen molar-refractivity contribution in [2.45, 2.75) is 39.5 Å². The zero-order valence-corrected chi connectivity index (χ0v) is 9.51. The van der Waals surface area contributed by atoms with Gasteiger partial charge >= 0.3 is 0 Å². The minimum atomic E-state index is 0.465. The molecule has 0 aromatic heterocycles. The summed E-state index contributed by atoms with van der Waals surface area (Å²) < 4.78 is 0. The zero-order valence-electron chi connectivity index (χ0n) is 9.51. The molecule has 0 heteroatoms. The molecule has 14 heavy (non-hydrogen) atoms. The molecule has 0 aliphatic carbocycles. The summed E-state index contributed by atoms with van der Waals surface area (Å²) in [6.07, 6.45) is 4.41. The van der Waals surface area contributed by atoms with Gasteiger partial charge in [-0.05, 0) is 36.0 Å². The van der Waals surface area contributed by atoms with Crippen molar-refractivity contribution >= 4 is 0 Å². The molecule has 0 fully saturated rings. The maximum Gasteiger partial charge on any atom is -0.00104 e. The Morgan fingerprint density at radius 3 is 2.71 bits per heavy atom. The van der Waals surface area contributed by atoms with Crippen molar-refractivity contribution in [1.82, 2.24) is 0 Å². The summed E-state index contributed by atoms with van der Waals surface area (Å²) in [5.41, 5.74) is 4.35. The standard InChI is InChI=1S/C14H20/c1-5-8-13-9-7-10-14(12(13)4)11(3)6-2/h6-7,9-11H,2,5,8H2,1,3-4H3. The first-order chi connectivity index (χ1) is 6.70. The largest absolute Gasteiger partial charge is 0.102 e. The molecule has 0 aliphatic rings. The summed E-state index contributed by atoms with van der Waals surface area (Å²) in [5, 5.41) is 0. The van der Waals surface area contributed by atoms with Crippen LogP contribution in [0.1, 0.15) is 42.9 Å². The van der Waals surface area contributed by atoms with Crippen molar-refractivity contribution in [3.05, 3.63) is 47.5 Å². The van der Waals surface area contributed by atoms with Crippen LogP contribution >= 0.6 is 0 Å². The SMILES string of the molecule is C=CC(C)c1cccc(CCC)c1C. The van der Waals surface area contributed by atoms with Crippen molar-refractivity contribution in [3.8, 4) is 0 Å². The average Bonchev–Trinajstić information content (AvgIpc) is 2.20. The predicted molar refractivity (Wildman–Crippen MR) is 63.8 cm³/mol. The first kappa shape index (κ1) is 11.0. The van der Waals surface area contributed by atoms with Crippen molar-refractivity contribution in [1.29, 1.82) is 0 Å². The summed E-state index contributed by atoms with van der Waals surface area (Å²) >= 11 is 0. The van der Waals surface area contributed by atoms with E-state index in [2.05, 4.69) is 45.5 Å². The van der Waals surface area contributed by atoms with Crippen LogP contribution in [0.5, 0.6) is 0 Å². The third-order valence-corrected chi connectivity index (χ3v) is 2.85. The molecule has 0 amide bonds. The van der Waals surface area contributed by atoms with Gasteiger partial charge in [0.05, 0.1) is 0 Å². The van der Waals surface area contributed by atoms with Gasteiger partial charge in [0, 0.05) is 0 Å². The molecule has 1 aromatic rings. The van der Waals surface area contributed by atoms with E-state index in [4.69, 9.17) is 0 Å². The van der Waals surface area contributed by atoms with Crippen LogP contribution in [-0.4, -0.2) is 0 Å². The Labute approximate surface area is 87.7 Å². The van der Waals surface area contributed by atoms with Gasteiger partial charge < -0.3 is 0 Å². The molecule has 1 atom stereocenters. The molecular formula is C14H20. The van der Waals surface area contributed by atoms with Crippen LogP contribution in [0.15, 0.2) is 30.9 Å². The van der Waals surface area contributed by atoms with Crippen LogP contribution < -0.4 is 0 Å². The number of hydrogen-bond donors (Lipinski definition) is 0. The molecule has 0 N–H and O–H groups in total. The monoisotopic (exact) mass is 188 g/mol. The Morgan fingerprint density at radius 2 is 2.14 bits per heavy atom. The van der Waals surface area contributed by atoms with Gasteiger partial charge in [0.25, 0.3) is 0 Å². The third-order valence-electron chi connectivity index (χ3n) is 2.85. The van der Waals surface area contributed by atoms with Gasteiger partial charge in [-0.3, -0.25) is 0 Å². The first-order valence-electron chi connectivity index (χ1n) is 5.41. The van der Waals surface area contributed by atoms with Crippen LogP contribution in [0.25, 0.3) is 0 Å². The Hall–Kier alpha value is -1.04. The summed E-state index contributed by atoms with van der Waals surface area (Å²) in [7, 11) is 0. The molecule has 0 spiro atoms. The molecule has 0 radical (unpaired) electrons. The molecule has 0 saturated heterocycles. The van der Waals surface area contributed by atoms with Gasteiger partial charge in [0.2, 0.25) is 0 Å². The maximum atomic E-state index is 3.85. The second kappa shape index (κ2) is 4.99. The number of allylic oxidation sites excluding steroid dienone is 1. The number of rotatable bonds is 4. The lowest BCUT2D eigenvalue weighted by Gasteiger charge is -2.13. The second-order valence-corrected chi connectivity index (χ2v) is 3.91. The summed E-state index contributed by atoms with van der Waals surface area (Å²) in [6, 6.07) is 6.60. The quantitative estimate of drug-likeness (QED) is 0.620. The highest BCUT2D eigenvalue weighted by molar-refractivity contribution is 5.37. The van der Waals surface area contributed by atoms with Crippen LogP contribution in [0.2, 0.25) is 0 Å². The lowest BCUT2D eigenvalue weighted by molar-refractivity contribution is 0.889. The highest BCUT2D eigenvalue weighted by atomic mass is 14.1. The van der Waals surface area contributed by atoms with E-state index in [1.807, 2.05) is 6.08 Å². The molecule has 0 bridgehead atoms. The number of hydrogen-bond acceptors (Lipinski definition) is 0. The Kier molecular flexibility index (Phi) is 3.94. The minimum Gasteiger partial charge on any atom is -0.102 e. The molecular weight excluding hydrogens is 168 g/mol. The van der Waals surface area contributed by atoms with E-state index in [0.717, 1.165) is 0 Å². The lowest BCUT2D eigenvalue weighted by Crippen LogP contribution is -1.97. The van der Waals surface area contributed by atoms with Crippen molar-refractivity contribution in [2.75, 3.05) is 0 Å². The fraction of sp³-hybridized carbons (Fsp3) is 0.429. The van der Waals surface area contributed by atoms with Gasteiger partial charge in [-0.1, -0.05) is 44.5 Å². The zero-order chi connectivity index (χ0) is 10.6. The number of aryl methyl sites for hydroxylation is 1. The van der Waals surface area contributed by atoms with Gasteiger partial charge in [0.15, 0.2) is 0 Å². The van der Waals surface area contributed by atoms with Gasteiger partial charge in [0.1, 0.15) is 0 Å². The lowest BCUT2D eigenvalue weighted by atomic mass is 9.92. The molecule has 76 valence electrons. The fourth-order valence-electron chi connectivity index (χ4n) is 1.86. The number of benzene rings is 1. The Morgan fingerprint density at radius 1 is 1.43 bits per heavy atom. The van der Waals surface area contributed by atoms with E-state index in [1.54, 1.807) is 0 Å².